The lowest BCUT2D eigenvalue weighted by molar-refractivity contribution is -0.122. The Balaban J connectivity index is 1.76. The largest absolute Gasteiger partial charge is 0.355 e. The van der Waals surface area contributed by atoms with E-state index in [1.54, 1.807) is 24.2 Å². The number of hydrogen-bond donors (Lipinski definition) is 1. The van der Waals surface area contributed by atoms with Gasteiger partial charge in [0.2, 0.25) is 5.91 Å². The molecular formula is C18H22N2OS. The van der Waals surface area contributed by atoms with Gasteiger partial charge in [-0.05, 0) is 44.4 Å². The van der Waals surface area contributed by atoms with Crippen LogP contribution in [0.4, 0.5) is 0 Å². The lowest BCUT2D eigenvalue weighted by atomic mass is 10.1. The van der Waals surface area contributed by atoms with E-state index in [2.05, 4.69) is 22.4 Å². The normalized spacial score (nSPS) is 11.2. The monoisotopic (exact) mass is 314 g/mol. The van der Waals surface area contributed by atoms with Crippen LogP contribution in [0, 0.1) is 0 Å². The molecule has 3 nitrogen and oxygen atoms in total. The van der Waals surface area contributed by atoms with Gasteiger partial charge in [-0.1, -0.05) is 30.3 Å². The fourth-order valence-corrected chi connectivity index (χ4v) is 3.11. The van der Waals surface area contributed by atoms with Crippen molar-refractivity contribution in [3.8, 4) is 0 Å². The number of carbonyl (C=O) groups excluding carboxylic acids is 1. The van der Waals surface area contributed by atoms with E-state index in [4.69, 9.17) is 0 Å². The van der Waals surface area contributed by atoms with Crippen LogP contribution in [0.2, 0.25) is 0 Å². The van der Waals surface area contributed by atoms with Crippen molar-refractivity contribution in [1.82, 2.24) is 10.3 Å². The summed E-state index contributed by atoms with van der Waals surface area (Å²) in [6, 6.07) is 14.2. The third kappa shape index (κ3) is 5.19. The number of thioether (sulfide) groups is 1. The molecule has 1 N–H and O–H groups in total. The van der Waals surface area contributed by atoms with Crippen molar-refractivity contribution < 1.29 is 4.79 Å². The third-order valence-corrected chi connectivity index (χ3v) is 4.54. The smallest absolute Gasteiger partial charge is 0.236 e. The van der Waals surface area contributed by atoms with Crippen LogP contribution in [0.15, 0.2) is 59.8 Å². The van der Waals surface area contributed by atoms with Gasteiger partial charge < -0.3 is 5.32 Å². The fourth-order valence-electron chi connectivity index (χ4n) is 2.10. The molecule has 0 atom stereocenters. The number of benzene rings is 1. The molecule has 1 aromatic heterocycles. The van der Waals surface area contributed by atoms with E-state index < -0.39 is 4.75 Å². The maximum atomic E-state index is 12.3. The predicted molar refractivity (Wildman–Crippen MR) is 91.9 cm³/mol. The summed E-state index contributed by atoms with van der Waals surface area (Å²) in [5.74, 6) is 0.0716. The minimum atomic E-state index is -0.492. The molecule has 1 heterocycles. The van der Waals surface area contributed by atoms with Crippen molar-refractivity contribution in [2.45, 2.75) is 36.3 Å². The van der Waals surface area contributed by atoms with Crippen molar-refractivity contribution in [1.29, 1.82) is 0 Å². The molecule has 2 rings (SSSR count). The molecule has 0 saturated carbocycles. The lowest BCUT2D eigenvalue weighted by Gasteiger charge is -2.23. The summed E-state index contributed by atoms with van der Waals surface area (Å²) in [7, 11) is 0. The molecule has 22 heavy (non-hydrogen) atoms. The zero-order chi connectivity index (χ0) is 15.8. The van der Waals surface area contributed by atoms with Gasteiger partial charge in [0.15, 0.2) is 0 Å². The summed E-state index contributed by atoms with van der Waals surface area (Å²) in [5, 5.41) is 3.04. The minimum absolute atomic E-state index is 0.0716. The number of aromatic nitrogens is 1. The van der Waals surface area contributed by atoms with Crippen LogP contribution in [-0.4, -0.2) is 22.2 Å². The molecule has 0 aliphatic heterocycles. The summed E-state index contributed by atoms with van der Waals surface area (Å²) in [4.78, 5) is 17.4. The Morgan fingerprint density at radius 3 is 2.50 bits per heavy atom. The molecule has 4 heteroatoms. The minimum Gasteiger partial charge on any atom is -0.355 e. The Hall–Kier alpha value is -1.81. The predicted octanol–water partition coefficient (Wildman–Crippen LogP) is 3.70. The van der Waals surface area contributed by atoms with Crippen LogP contribution < -0.4 is 5.32 Å². The molecule has 0 unspecified atom stereocenters. The second kappa shape index (κ2) is 7.99. The molecule has 0 fully saturated rings. The topological polar surface area (TPSA) is 42.0 Å². The quantitative estimate of drug-likeness (QED) is 0.626. The number of pyridine rings is 1. The first-order chi connectivity index (χ1) is 10.6. The number of nitrogens with zero attached hydrogens (tertiary/aromatic N) is 1. The van der Waals surface area contributed by atoms with E-state index in [1.165, 1.54) is 5.56 Å². The average Bonchev–Trinajstić information content (AvgIpc) is 2.53. The molecular weight excluding hydrogens is 292 g/mol. The summed E-state index contributed by atoms with van der Waals surface area (Å²) in [5.41, 5.74) is 1.31. The second-order valence-corrected chi connectivity index (χ2v) is 7.34. The molecule has 2 aromatic rings. The lowest BCUT2D eigenvalue weighted by Crippen LogP contribution is -2.40. The van der Waals surface area contributed by atoms with Crippen LogP contribution in [0.1, 0.15) is 25.8 Å². The Bertz CT molecular complexity index is 585. The van der Waals surface area contributed by atoms with E-state index in [-0.39, 0.29) is 5.91 Å². The maximum absolute atomic E-state index is 12.3. The summed E-state index contributed by atoms with van der Waals surface area (Å²) < 4.78 is -0.492. The highest BCUT2D eigenvalue weighted by Crippen LogP contribution is 2.32. The van der Waals surface area contributed by atoms with Gasteiger partial charge in [-0.15, -0.1) is 11.8 Å². The van der Waals surface area contributed by atoms with Gasteiger partial charge in [0, 0.05) is 23.8 Å². The molecule has 0 radical (unpaired) electrons. The fraction of sp³-hybridized carbons (Fsp3) is 0.333. The van der Waals surface area contributed by atoms with Crippen LogP contribution in [-0.2, 0) is 11.2 Å². The van der Waals surface area contributed by atoms with Crippen LogP contribution >= 0.6 is 11.8 Å². The first-order valence-electron chi connectivity index (χ1n) is 7.49. The highest BCUT2D eigenvalue weighted by Gasteiger charge is 2.28. The number of aryl methyl sites for hydroxylation is 1. The van der Waals surface area contributed by atoms with Crippen LogP contribution in [0.5, 0.6) is 0 Å². The molecule has 0 spiro atoms. The van der Waals surface area contributed by atoms with E-state index in [9.17, 15) is 4.79 Å². The van der Waals surface area contributed by atoms with Crippen molar-refractivity contribution in [2.24, 2.45) is 0 Å². The maximum Gasteiger partial charge on any atom is 0.236 e. The molecule has 1 aromatic carbocycles. The number of rotatable bonds is 7. The first-order valence-corrected chi connectivity index (χ1v) is 8.31. The third-order valence-electron chi connectivity index (χ3n) is 3.34. The molecule has 1 amide bonds. The van der Waals surface area contributed by atoms with E-state index in [1.807, 2.05) is 44.2 Å². The summed E-state index contributed by atoms with van der Waals surface area (Å²) >= 11 is 1.56. The van der Waals surface area contributed by atoms with Gasteiger partial charge in [-0.3, -0.25) is 9.78 Å². The van der Waals surface area contributed by atoms with Gasteiger partial charge in [0.05, 0.1) is 4.75 Å². The van der Waals surface area contributed by atoms with Crippen LogP contribution in [0.25, 0.3) is 0 Å². The Kier molecular flexibility index (Phi) is 6.01. The van der Waals surface area contributed by atoms with Gasteiger partial charge in [0.1, 0.15) is 0 Å². The first kappa shape index (κ1) is 16.6. The van der Waals surface area contributed by atoms with Gasteiger partial charge in [0.25, 0.3) is 0 Å². The molecule has 0 saturated heterocycles. The molecule has 0 aliphatic carbocycles. The molecule has 116 valence electrons. The Morgan fingerprint density at radius 2 is 1.82 bits per heavy atom. The van der Waals surface area contributed by atoms with Gasteiger partial charge in [-0.2, -0.15) is 0 Å². The van der Waals surface area contributed by atoms with Gasteiger partial charge in [-0.25, -0.2) is 0 Å². The number of amides is 1. The van der Waals surface area contributed by atoms with E-state index in [0.717, 1.165) is 17.7 Å². The zero-order valence-corrected chi connectivity index (χ0v) is 13.9. The van der Waals surface area contributed by atoms with E-state index >= 15 is 0 Å². The average molecular weight is 314 g/mol. The Morgan fingerprint density at radius 1 is 1.14 bits per heavy atom. The van der Waals surface area contributed by atoms with Crippen molar-refractivity contribution in [3.05, 3.63) is 60.4 Å². The second-order valence-electron chi connectivity index (χ2n) is 5.64. The number of nitrogens with one attached hydrogen (secondary N) is 1. The molecule has 0 aliphatic rings. The highest BCUT2D eigenvalue weighted by atomic mass is 32.2. The van der Waals surface area contributed by atoms with Crippen molar-refractivity contribution in [3.63, 3.8) is 0 Å². The summed E-state index contributed by atoms with van der Waals surface area (Å²) in [6.07, 6.45) is 5.43. The SMILES string of the molecule is CC(C)(Sc1ccncc1)C(=O)NCCCc1ccccc1. The van der Waals surface area contributed by atoms with E-state index in [0.29, 0.717) is 6.54 Å². The standard InChI is InChI=1S/C18H22N2OS/c1-18(2,22-16-10-13-19-14-11-16)17(21)20-12-6-9-15-7-4-3-5-8-15/h3-5,7-8,10-11,13-14H,6,9,12H2,1-2H3,(H,20,21). The van der Waals surface area contributed by atoms with Crippen molar-refractivity contribution >= 4 is 17.7 Å². The number of hydrogen-bond acceptors (Lipinski definition) is 3. The highest BCUT2D eigenvalue weighted by molar-refractivity contribution is 8.01. The van der Waals surface area contributed by atoms with Crippen LogP contribution in [0.3, 0.4) is 0 Å². The zero-order valence-electron chi connectivity index (χ0n) is 13.1. The summed E-state index contributed by atoms with van der Waals surface area (Å²) in [6.45, 7) is 4.60. The molecule has 0 bridgehead atoms. The number of carbonyl (C=O) groups is 1. The van der Waals surface area contributed by atoms with Gasteiger partial charge >= 0.3 is 0 Å². The van der Waals surface area contributed by atoms with Crippen molar-refractivity contribution in [2.75, 3.05) is 6.54 Å². The Labute approximate surface area is 136 Å².